The minimum Gasteiger partial charge on any atom is -0.443 e. The lowest BCUT2D eigenvalue weighted by Crippen LogP contribution is -2.48. The van der Waals surface area contributed by atoms with E-state index in [2.05, 4.69) is 0 Å². The average Bonchev–Trinajstić information content (AvgIpc) is 2.11. The largest absolute Gasteiger partial charge is 0.443 e. The number of nitrogens with zero attached hydrogens (tertiary/aromatic N) is 1. The van der Waals surface area contributed by atoms with E-state index in [4.69, 9.17) is 10.5 Å². The fourth-order valence-electron chi connectivity index (χ4n) is 1.74. The van der Waals surface area contributed by atoms with Gasteiger partial charge in [0.15, 0.2) is 0 Å². The lowest BCUT2D eigenvalue weighted by Gasteiger charge is -2.36. The Labute approximate surface area is 115 Å². The summed E-state index contributed by atoms with van der Waals surface area (Å²) in [6.45, 7) is 11.4. The Balaban J connectivity index is 3.13. The molecule has 0 saturated carbocycles. The standard InChI is InChI=1S/C15H24N2O2/c1-14(2,3)17(13(18)19-15(4,5)6)12-9-7-8-11(16)10-12/h7-10H,16H2,1-6H3. The molecule has 1 aromatic carbocycles. The molecule has 2 N–H and O–H groups in total. The summed E-state index contributed by atoms with van der Waals surface area (Å²) in [4.78, 5) is 14.0. The van der Waals surface area contributed by atoms with Gasteiger partial charge in [0.1, 0.15) is 5.60 Å². The highest BCUT2D eigenvalue weighted by molar-refractivity contribution is 5.90. The van der Waals surface area contributed by atoms with Crippen molar-refractivity contribution < 1.29 is 9.53 Å². The lowest BCUT2D eigenvalue weighted by molar-refractivity contribution is 0.0550. The predicted octanol–water partition coefficient (Wildman–Crippen LogP) is 3.81. The van der Waals surface area contributed by atoms with Gasteiger partial charge < -0.3 is 10.5 Å². The van der Waals surface area contributed by atoms with Crippen LogP contribution in [0, 0.1) is 0 Å². The summed E-state index contributed by atoms with van der Waals surface area (Å²) in [6, 6.07) is 7.24. The van der Waals surface area contributed by atoms with Gasteiger partial charge >= 0.3 is 6.09 Å². The van der Waals surface area contributed by atoms with Gasteiger partial charge in [0.2, 0.25) is 0 Å². The molecule has 0 saturated heterocycles. The molecule has 0 aliphatic rings. The molecule has 4 heteroatoms. The predicted molar refractivity (Wildman–Crippen MR) is 79.3 cm³/mol. The molecule has 1 amide bonds. The van der Waals surface area contributed by atoms with Crippen LogP contribution in [0.15, 0.2) is 24.3 Å². The second-order valence-electron chi connectivity index (χ2n) is 6.58. The number of rotatable bonds is 1. The van der Waals surface area contributed by atoms with Crippen LogP contribution in [0.4, 0.5) is 16.2 Å². The molecule has 0 bridgehead atoms. The number of carbonyl (C=O) groups is 1. The maximum atomic E-state index is 12.4. The number of nitrogens with two attached hydrogens (primary N) is 1. The molecular formula is C15H24N2O2. The molecule has 0 heterocycles. The first-order chi connectivity index (χ1) is 8.50. The van der Waals surface area contributed by atoms with Crippen LogP contribution < -0.4 is 10.6 Å². The van der Waals surface area contributed by atoms with Crippen LogP contribution >= 0.6 is 0 Å². The smallest absolute Gasteiger partial charge is 0.415 e. The quantitative estimate of drug-likeness (QED) is 0.785. The van der Waals surface area contributed by atoms with Gasteiger partial charge in [-0.05, 0) is 59.7 Å². The van der Waals surface area contributed by atoms with E-state index >= 15 is 0 Å². The summed E-state index contributed by atoms with van der Waals surface area (Å²) in [5.41, 5.74) is 6.23. The first-order valence-corrected chi connectivity index (χ1v) is 6.39. The van der Waals surface area contributed by atoms with Crippen molar-refractivity contribution >= 4 is 17.5 Å². The van der Waals surface area contributed by atoms with Crippen molar-refractivity contribution in [3.05, 3.63) is 24.3 Å². The van der Waals surface area contributed by atoms with Crippen LogP contribution in [-0.2, 0) is 4.74 Å². The number of nitrogen functional groups attached to an aromatic ring is 1. The molecule has 0 atom stereocenters. The number of carbonyl (C=O) groups excluding carboxylic acids is 1. The van der Waals surface area contributed by atoms with E-state index in [1.807, 2.05) is 53.7 Å². The Morgan fingerprint density at radius 1 is 1.16 bits per heavy atom. The second kappa shape index (κ2) is 5.11. The molecule has 0 fully saturated rings. The fourth-order valence-corrected chi connectivity index (χ4v) is 1.74. The topological polar surface area (TPSA) is 55.6 Å². The number of ether oxygens (including phenoxy) is 1. The summed E-state index contributed by atoms with van der Waals surface area (Å²) in [7, 11) is 0. The van der Waals surface area contributed by atoms with Crippen LogP contribution in [0.2, 0.25) is 0 Å². The third kappa shape index (κ3) is 4.47. The summed E-state index contributed by atoms with van der Waals surface area (Å²) in [5.74, 6) is 0. The zero-order valence-electron chi connectivity index (χ0n) is 12.7. The highest BCUT2D eigenvalue weighted by Crippen LogP contribution is 2.27. The van der Waals surface area contributed by atoms with E-state index < -0.39 is 11.1 Å². The van der Waals surface area contributed by atoms with Crippen LogP contribution in [0.25, 0.3) is 0 Å². The van der Waals surface area contributed by atoms with Gasteiger partial charge in [-0.25, -0.2) is 4.79 Å². The Hall–Kier alpha value is -1.71. The van der Waals surface area contributed by atoms with E-state index in [0.717, 1.165) is 5.69 Å². The highest BCUT2D eigenvalue weighted by Gasteiger charge is 2.32. The van der Waals surface area contributed by atoms with E-state index in [1.54, 1.807) is 17.0 Å². The number of benzene rings is 1. The molecular weight excluding hydrogens is 240 g/mol. The Kier molecular flexibility index (Phi) is 4.13. The molecule has 0 aliphatic carbocycles. The Morgan fingerprint density at radius 2 is 1.74 bits per heavy atom. The zero-order valence-corrected chi connectivity index (χ0v) is 12.7. The Morgan fingerprint density at radius 3 is 2.16 bits per heavy atom. The molecule has 0 radical (unpaired) electrons. The van der Waals surface area contributed by atoms with Gasteiger partial charge in [-0.1, -0.05) is 6.07 Å². The zero-order chi connectivity index (χ0) is 14.8. The number of hydrogen-bond acceptors (Lipinski definition) is 3. The van der Waals surface area contributed by atoms with E-state index in [9.17, 15) is 4.79 Å². The monoisotopic (exact) mass is 264 g/mol. The normalized spacial score (nSPS) is 12.1. The van der Waals surface area contributed by atoms with Crippen molar-refractivity contribution in [2.75, 3.05) is 10.6 Å². The highest BCUT2D eigenvalue weighted by atomic mass is 16.6. The van der Waals surface area contributed by atoms with Crippen molar-refractivity contribution in [1.82, 2.24) is 0 Å². The summed E-state index contributed by atoms with van der Waals surface area (Å²) in [5, 5.41) is 0. The van der Waals surface area contributed by atoms with Gasteiger partial charge in [-0.15, -0.1) is 0 Å². The SMILES string of the molecule is CC(C)(C)OC(=O)N(c1cccc(N)c1)C(C)(C)C. The Bertz CT molecular complexity index is 456. The molecule has 0 aliphatic heterocycles. The molecule has 1 aromatic rings. The van der Waals surface area contributed by atoms with Gasteiger partial charge in [0.25, 0.3) is 0 Å². The number of amides is 1. The second-order valence-corrected chi connectivity index (χ2v) is 6.58. The number of anilines is 2. The molecule has 19 heavy (non-hydrogen) atoms. The van der Waals surface area contributed by atoms with Crippen LogP contribution in [-0.4, -0.2) is 17.2 Å². The van der Waals surface area contributed by atoms with Crippen molar-refractivity contribution in [2.45, 2.75) is 52.7 Å². The first-order valence-electron chi connectivity index (χ1n) is 6.39. The minimum atomic E-state index is -0.527. The molecule has 0 aromatic heterocycles. The van der Waals surface area contributed by atoms with E-state index in [0.29, 0.717) is 5.69 Å². The van der Waals surface area contributed by atoms with E-state index in [-0.39, 0.29) is 6.09 Å². The van der Waals surface area contributed by atoms with E-state index in [1.165, 1.54) is 0 Å². The van der Waals surface area contributed by atoms with Gasteiger partial charge in [0, 0.05) is 16.9 Å². The fraction of sp³-hybridized carbons (Fsp3) is 0.533. The van der Waals surface area contributed by atoms with Crippen molar-refractivity contribution in [2.24, 2.45) is 0 Å². The third-order valence-corrected chi connectivity index (χ3v) is 2.38. The maximum absolute atomic E-state index is 12.4. The average molecular weight is 264 g/mol. The number of hydrogen-bond donors (Lipinski definition) is 1. The van der Waals surface area contributed by atoms with Crippen LogP contribution in [0.3, 0.4) is 0 Å². The molecule has 106 valence electrons. The molecule has 1 rings (SSSR count). The van der Waals surface area contributed by atoms with Gasteiger partial charge in [0.05, 0.1) is 0 Å². The van der Waals surface area contributed by atoms with Crippen molar-refractivity contribution in [3.63, 3.8) is 0 Å². The summed E-state index contributed by atoms with van der Waals surface area (Å²) < 4.78 is 5.47. The van der Waals surface area contributed by atoms with Gasteiger partial charge in [-0.2, -0.15) is 0 Å². The molecule has 0 unspecified atom stereocenters. The molecule has 0 spiro atoms. The van der Waals surface area contributed by atoms with Gasteiger partial charge in [-0.3, -0.25) is 4.90 Å². The summed E-state index contributed by atoms with van der Waals surface area (Å²) in [6.07, 6.45) is -0.370. The summed E-state index contributed by atoms with van der Waals surface area (Å²) >= 11 is 0. The van der Waals surface area contributed by atoms with Crippen LogP contribution in [0.5, 0.6) is 0 Å². The van der Waals surface area contributed by atoms with Crippen molar-refractivity contribution in [1.29, 1.82) is 0 Å². The minimum absolute atomic E-state index is 0.370. The molecule has 4 nitrogen and oxygen atoms in total. The third-order valence-electron chi connectivity index (χ3n) is 2.38. The van der Waals surface area contributed by atoms with Crippen LogP contribution in [0.1, 0.15) is 41.5 Å². The lowest BCUT2D eigenvalue weighted by atomic mass is 10.1. The maximum Gasteiger partial charge on any atom is 0.415 e. The van der Waals surface area contributed by atoms with Crippen molar-refractivity contribution in [3.8, 4) is 0 Å². The first kappa shape index (κ1) is 15.3.